The number of ketones is 1. The molecular weight excluding hydrogens is 426 g/mol. The molecule has 9 nitrogen and oxygen atoms in total. The number of nitrogens with one attached hydrogen (secondary N) is 1. The molecule has 0 bridgehead atoms. The van der Waals surface area contributed by atoms with Crippen molar-refractivity contribution in [2.24, 2.45) is 0 Å². The third kappa shape index (κ3) is 4.42. The van der Waals surface area contributed by atoms with E-state index >= 15 is 0 Å². The lowest BCUT2D eigenvalue weighted by Gasteiger charge is -2.31. The van der Waals surface area contributed by atoms with E-state index in [-0.39, 0.29) is 5.57 Å². The van der Waals surface area contributed by atoms with Gasteiger partial charge in [-0.15, -0.1) is 0 Å². The van der Waals surface area contributed by atoms with Crippen molar-refractivity contribution in [1.82, 2.24) is 9.88 Å². The van der Waals surface area contributed by atoms with Gasteiger partial charge in [-0.05, 0) is 23.8 Å². The van der Waals surface area contributed by atoms with E-state index in [0.29, 0.717) is 48.9 Å². The summed E-state index contributed by atoms with van der Waals surface area (Å²) in [6.45, 7) is 3.94. The van der Waals surface area contributed by atoms with Gasteiger partial charge in [0.25, 0.3) is 5.91 Å². The number of hydrogen-bond acceptors (Lipinski definition) is 7. The standard InChI is InChI=1S/C24H27N3O6/c1-31-18-5-3-4-17(23(18)32-2)20-19(21(28)16-6-8-25-9-7-16)22(29)24(30)27(20)11-10-26-12-14-33-15-13-26/h3-9,20,28H,10-15H2,1-2H3. The van der Waals surface area contributed by atoms with Crippen LogP contribution in [0.15, 0.2) is 48.3 Å². The second-order valence-electron chi connectivity index (χ2n) is 7.90. The quantitative estimate of drug-likeness (QED) is 0.334. The lowest BCUT2D eigenvalue weighted by Crippen LogP contribution is -3.14. The Morgan fingerprint density at radius 3 is 2.55 bits per heavy atom. The van der Waals surface area contributed by atoms with Gasteiger partial charge < -0.3 is 29.1 Å². The normalized spacial score (nSPS) is 20.8. The number of quaternary nitrogens is 1. The summed E-state index contributed by atoms with van der Waals surface area (Å²) in [6, 6.07) is 7.43. The van der Waals surface area contributed by atoms with Gasteiger partial charge in [0.05, 0.1) is 46.6 Å². The van der Waals surface area contributed by atoms with E-state index in [9.17, 15) is 14.7 Å². The van der Waals surface area contributed by atoms with E-state index in [1.165, 1.54) is 48.5 Å². The van der Waals surface area contributed by atoms with Crippen molar-refractivity contribution >= 4 is 17.4 Å². The van der Waals surface area contributed by atoms with Crippen LogP contribution in [-0.4, -0.2) is 75.2 Å². The molecule has 0 radical (unpaired) electrons. The van der Waals surface area contributed by atoms with E-state index in [4.69, 9.17) is 14.2 Å². The van der Waals surface area contributed by atoms with Crippen LogP contribution in [0.1, 0.15) is 17.2 Å². The van der Waals surface area contributed by atoms with E-state index in [1.54, 1.807) is 18.2 Å². The molecule has 2 saturated heterocycles. The fraction of sp³-hybridized carbons (Fsp3) is 0.375. The monoisotopic (exact) mass is 453 g/mol. The molecule has 2 aliphatic heterocycles. The Kier molecular flexibility index (Phi) is 6.90. The number of ether oxygens (including phenoxy) is 3. The Morgan fingerprint density at radius 1 is 1.15 bits per heavy atom. The number of pyridine rings is 1. The summed E-state index contributed by atoms with van der Waals surface area (Å²) in [4.78, 5) is 33.0. The molecule has 1 aromatic carbocycles. The fourth-order valence-corrected chi connectivity index (χ4v) is 4.40. The first-order valence-electron chi connectivity index (χ1n) is 10.9. The molecule has 2 aromatic rings. The van der Waals surface area contributed by atoms with Crippen molar-refractivity contribution in [2.75, 3.05) is 53.6 Å². The van der Waals surface area contributed by atoms with Crippen LogP contribution in [0.25, 0.3) is 5.76 Å². The predicted octanol–water partition coefficient (Wildman–Crippen LogP) is -0.762. The van der Waals surface area contributed by atoms with Crippen LogP contribution < -0.4 is 19.5 Å². The van der Waals surface area contributed by atoms with Crippen LogP contribution in [-0.2, 0) is 14.3 Å². The zero-order valence-electron chi connectivity index (χ0n) is 18.7. The van der Waals surface area contributed by atoms with Gasteiger partial charge in [0.1, 0.15) is 13.1 Å². The maximum Gasteiger partial charge on any atom is 0.295 e. The number of benzene rings is 1. The number of rotatable bonds is 7. The second kappa shape index (κ2) is 10.0. The fourth-order valence-electron chi connectivity index (χ4n) is 4.40. The third-order valence-electron chi connectivity index (χ3n) is 6.11. The number of para-hydroxylation sites is 1. The molecule has 2 fully saturated rings. The first-order chi connectivity index (χ1) is 16.1. The number of aromatic nitrogens is 1. The molecule has 1 unspecified atom stereocenters. The first-order valence-corrected chi connectivity index (χ1v) is 10.9. The van der Waals surface area contributed by atoms with Gasteiger partial charge in [0.2, 0.25) is 5.78 Å². The molecule has 33 heavy (non-hydrogen) atoms. The topological polar surface area (TPSA) is 105 Å². The van der Waals surface area contributed by atoms with Crippen molar-refractivity contribution < 1.29 is 33.8 Å². The lowest BCUT2D eigenvalue weighted by atomic mass is 9.94. The number of Topliss-reactive ketones (excluding diaryl/α,β-unsaturated/α-hetero) is 1. The maximum absolute atomic E-state index is 13.4. The highest BCUT2D eigenvalue weighted by Crippen LogP contribution is 2.44. The number of amides is 1. The Balaban J connectivity index is 1.81. The Bertz CT molecular complexity index is 1050. The van der Waals surface area contributed by atoms with Gasteiger partial charge >= 0.3 is 0 Å². The van der Waals surface area contributed by atoms with E-state index in [2.05, 4.69) is 4.98 Å². The molecular formula is C24H27N3O6. The zero-order valence-corrected chi connectivity index (χ0v) is 18.7. The molecule has 2 aliphatic rings. The third-order valence-corrected chi connectivity index (χ3v) is 6.11. The average Bonchev–Trinajstić information content (AvgIpc) is 3.12. The number of methoxy groups -OCH3 is 2. The average molecular weight is 453 g/mol. The summed E-state index contributed by atoms with van der Waals surface area (Å²) in [5.41, 5.74) is 0.744. The minimum Gasteiger partial charge on any atom is -0.872 e. The Labute approximate surface area is 192 Å². The van der Waals surface area contributed by atoms with Crippen molar-refractivity contribution in [3.63, 3.8) is 0 Å². The molecule has 1 amide bonds. The van der Waals surface area contributed by atoms with Gasteiger partial charge in [0, 0.05) is 23.5 Å². The number of carbonyl (C=O) groups excluding carboxylic acids is 2. The predicted molar refractivity (Wildman–Crippen MR) is 117 cm³/mol. The number of morpholine rings is 1. The Hall–Kier alpha value is -3.43. The van der Waals surface area contributed by atoms with Crippen molar-refractivity contribution in [3.05, 3.63) is 59.4 Å². The summed E-state index contributed by atoms with van der Waals surface area (Å²) in [5, 5.41) is 13.4. The van der Waals surface area contributed by atoms with E-state index in [1.807, 2.05) is 0 Å². The summed E-state index contributed by atoms with van der Waals surface area (Å²) in [6.07, 6.45) is 2.96. The van der Waals surface area contributed by atoms with Crippen LogP contribution in [0.2, 0.25) is 0 Å². The minimum absolute atomic E-state index is 0.0882. The maximum atomic E-state index is 13.4. The van der Waals surface area contributed by atoms with Crippen molar-refractivity contribution in [1.29, 1.82) is 0 Å². The van der Waals surface area contributed by atoms with Crippen LogP contribution in [0.5, 0.6) is 11.5 Å². The summed E-state index contributed by atoms with van der Waals surface area (Å²) in [7, 11) is 3.01. The summed E-state index contributed by atoms with van der Waals surface area (Å²) < 4.78 is 16.4. The molecule has 1 N–H and O–H groups in total. The summed E-state index contributed by atoms with van der Waals surface area (Å²) >= 11 is 0. The van der Waals surface area contributed by atoms with Crippen molar-refractivity contribution in [2.45, 2.75) is 6.04 Å². The van der Waals surface area contributed by atoms with Gasteiger partial charge in [0.15, 0.2) is 11.5 Å². The molecule has 0 aliphatic carbocycles. The van der Waals surface area contributed by atoms with Crippen LogP contribution in [0.4, 0.5) is 0 Å². The molecule has 4 rings (SSSR count). The first kappa shape index (κ1) is 22.8. The SMILES string of the molecule is COc1cccc(C2C(=C([O-])c3ccncc3)C(=O)C(=O)N2CC[NH+]2CCOCC2)c1OC. The minimum atomic E-state index is -0.879. The highest BCUT2D eigenvalue weighted by molar-refractivity contribution is 6.46. The number of hydrogen-bond donors (Lipinski definition) is 1. The Morgan fingerprint density at radius 2 is 1.88 bits per heavy atom. The second-order valence-corrected chi connectivity index (χ2v) is 7.90. The summed E-state index contributed by atoms with van der Waals surface area (Å²) in [5.74, 6) is -1.13. The molecule has 0 spiro atoms. The number of nitrogens with zero attached hydrogens (tertiary/aromatic N) is 2. The largest absolute Gasteiger partial charge is 0.872 e. The smallest absolute Gasteiger partial charge is 0.295 e. The number of likely N-dealkylation sites (tertiary alicyclic amines) is 1. The molecule has 9 heteroatoms. The van der Waals surface area contributed by atoms with E-state index in [0.717, 1.165) is 13.1 Å². The van der Waals surface area contributed by atoms with Crippen LogP contribution >= 0.6 is 0 Å². The highest BCUT2D eigenvalue weighted by Gasteiger charge is 2.45. The van der Waals surface area contributed by atoms with Crippen LogP contribution in [0.3, 0.4) is 0 Å². The van der Waals surface area contributed by atoms with Gasteiger partial charge in [-0.1, -0.05) is 17.9 Å². The number of carbonyl (C=O) groups is 2. The molecule has 174 valence electrons. The van der Waals surface area contributed by atoms with Crippen molar-refractivity contribution in [3.8, 4) is 11.5 Å². The lowest BCUT2D eigenvalue weighted by molar-refractivity contribution is -0.907. The van der Waals surface area contributed by atoms with Gasteiger partial charge in [-0.2, -0.15) is 0 Å². The van der Waals surface area contributed by atoms with Gasteiger partial charge in [-0.25, -0.2) is 0 Å². The molecule has 1 aromatic heterocycles. The molecule has 0 saturated carbocycles. The highest BCUT2D eigenvalue weighted by atomic mass is 16.5. The van der Waals surface area contributed by atoms with E-state index < -0.39 is 23.5 Å². The van der Waals surface area contributed by atoms with Crippen LogP contribution in [0, 0.1) is 0 Å². The zero-order chi connectivity index (χ0) is 23.4. The molecule has 1 atom stereocenters. The van der Waals surface area contributed by atoms with Gasteiger partial charge in [-0.3, -0.25) is 14.6 Å². The molecule has 3 heterocycles.